The van der Waals surface area contributed by atoms with Crippen LogP contribution in [0.25, 0.3) is 15.9 Å². The summed E-state index contributed by atoms with van der Waals surface area (Å²) in [7, 11) is 0. The number of nitrogens with zero attached hydrogens (tertiary/aromatic N) is 6. The maximum atomic E-state index is 12.4. The Morgan fingerprint density at radius 1 is 1.26 bits per heavy atom. The van der Waals surface area contributed by atoms with Gasteiger partial charge in [-0.1, -0.05) is 43.9 Å². The van der Waals surface area contributed by atoms with Gasteiger partial charge in [0, 0.05) is 10.8 Å². The van der Waals surface area contributed by atoms with E-state index in [1.807, 2.05) is 11.3 Å². The molecule has 0 fully saturated rings. The zero-order chi connectivity index (χ0) is 21.7. The number of amides is 1. The molecule has 0 aromatic carbocycles. The summed E-state index contributed by atoms with van der Waals surface area (Å²) in [6.07, 6.45) is 3.37. The molecule has 31 heavy (non-hydrogen) atoms. The van der Waals surface area contributed by atoms with Crippen LogP contribution >= 0.6 is 34.4 Å². The third-order valence-electron chi connectivity index (χ3n) is 5.42. The minimum atomic E-state index is -0.139. The number of aryl methyl sites for hydroxylation is 2. The fourth-order valence-electron chi connectivity index (χ4n) is 3.95. The molecule has 1 N–H and O–H groups in total. The summed E-state index contributed by atoms with van der Waals surface area (Å²) >= 11 is 4.53. The summed E-state index contributed by atoms with van der Waals surface area (Å²) in [6, 6.07) is 0. The van der Waals surface area contributed by atoms with Gasteiger partial charge in [0.15, 0.2) is 10.8 Å². The summed E-state index contributed by atoms with van der Waals surface area (Å²) < 4.78 is 2.05. The molecule has 0 saturated heterocycles. The van der Waals surface area contributed by atoms with Crippen LogP contribution < -0.4 is 5.32 Å². The number of hydrogen-bond acceptors (Lipinski definition) is 9. The van der Waals surface area contributed by atoms with Crippen molar-refractivity contribution < 1.29 is 4.79 Å². The Labute approximate surface area is 191 Å². The molecule has 0 radical (unpaired) electrons. The highest BCUT2D eigenvalue weighted by Gasteiger charge is 2.26. The van der Waals surface area contributed by atoms with Crippen LogP contribution in [0.5, 0.6) is 0 Å². The van der Waals surface area contributed by atoms with E-state index in [4.69, 9.17) is 4.98 Å². The van der Waals surface area contributed by atoms with Crippen LogP contribution in [-0.4, -0.2) is 41.4 Å². The van der Waals surface area contributed by atoms with Gasteiger partial charge in [-0.2, -0.15) is 0 Å². The number of aromatic nitrogens is 6. The first-order valence-electron chi connectivity index (χ1n) is 10.3. The van der Waals surface area contributed by atoms with Crippen molar-refractivity contribution in [2.75, 3.05) is 11.1 Å². The van der Waals surface area contributed by atoms with Gasteiger partial charge in [-0.05, 0) is 37.7 Å². The summed E-state index contributed by atoms with van der Waals surface area (Å²) in [5, 5.41) is 22.9. The van der Waals surface area contributed by atoms with Crippen LogP contribution in [0.1, 0.15) is 54.4 Å². The Balaban J connectivity index is 1.50. The number of thioether (sulfide) groups is 1. The highest BCUT2D eigenvalue weighted by Crippen LogP contribution is 2.40. The molecule has 0 saturated carbocycles. The number of carbonyl (C=O) groups is 1. The van der Waals surface area contributed by atoms with Gasteiger partial charge in [0.1, 0.15) is 15.7 Å². The summed E-state index contributed by atoms with van der Waals surface area (Å²) in [6.45, 7) is 8.43. The van der Waals surface area contributed by atoms with Gasteiger partial charge in [-0.25, -0.2) is 4.98 Å². The number of rotatable bonds is 5. The predicted molar refractivity (Wildman–Crippen MR) is 125 cm³/mol. The third-order valence-corrected chi connectivity index (χ3v) is 8.25. The lowest BCUT2D eigenvalue weighted by Gasteiger charge is -2.17. The quantitative estimate of drug-likeness (QED) is 0.427. The zero-order valence-corrected chi connectivity index (χ0v) is 20.2. The molecule has 0 spiro atoms. The number of nitrogens with one attached hydrogen (secondary N) is 1. The van der Waals surface area contributed by atoms with E-state index in [1.165, 1.54) is 40.0 Å². The lowest BCUT2D eigenvalue weighted by Crippen LogP contribution is -2.14. The van der Waals surface area contributed by atoms with Gasteiger partial charge in [-0.3, -0.25) is 14.5 Å². The average Bonchev–Trinajstić information content (AvgIpc) is 3.41. The lowest BCUT2D eigenvalue weighted by atomic mass is 9.89. The van der Waals surface area contributed by atoms with E-state index < -0.39 is 0 Å². The highest BCUT2D eigenvalue weighted by molar-refractivity contribution is 7.99. The molecule has 0 aliphatic heterocycles. The van der Waals surface area contributed by atoms with Crippen LogP contribution in [0.15, 0.2) is 5.16 Å². The van der Waals surface area contributed by atoms with Crippen molar-refractivity contribution in [1.29, 1.82) is 0 Å². The van der Waals surface area contributed by atoms with Crippen molar-refractivity contribution in [2.45, 2.75) is 58.0 Å². The van der Waals surface area contributed by atoms with Crippen LogP contribution in [-0.2, 0) is 17.6 Å². The molecular formula is C20H23N7OS3. The number of fused-ring (bicyclic) bond motifs is 5. The lowest BCUT2D eigenvalue weighted by molar-refractivity contribution is -0.113. The Morgan fingerprint density at radius 3 is 2.84 bits per heavy atom. The predicted octanol–water partition coefficient (Wildman–Crippen LogP) is 4.48. The molecule has 1 aliphatic carbocycles. The van der Waals surface area contributed by atoms with Gasteiger partial charge in [0.25, 0.3) is 0 Å². The normalized spacial score (nSPS) is 16.4. The fraction of sp³-hybridized carbons (Fsp3) is 0.500. The number of carbonyl (C=O) groups excluding carboxylic acids is 1. The van der Waals surface area contributed by atoms with Crippen LogP contribution in [0.3, 0.4) is 0 Å². The third kappa shape index (κ3) is 3.83. The van der Waals surface area contributed by atoms with Gasteiger partial charge in [0.2, 0.25) is 11.0 Å². The first-order valence-corrected chi connectivity index (χ1v) is 12.9. The molecule has 8 nitrogen and oxygen atoms in total. The smallest absolute Gasteiger partial charge is 0.236 e. The monoisotopic (exact) mass is 473 g/mol. The molecule has 4 heterocycles. The second-order valence-electron chi connectivity index (χ2n) is 8.26. The Kier molecular flexibility index (Phi) is 5.43. The first kappa shape index (κ1) is 20.8. The number of thiophene rings is 1. The Bertz CT molecular complexity index is 1290. The zero-order valence-electron chi connectivity index (χ0n) is 17.8. The van der Waals surface area contributed by atoms with Gasteiger partial charge < -0.3 is 0 Å². The van der Waals surface area contributed by atoms with E-state index in [2.05, 4.69) is 46.5 Å². The van der Waals surface area contributed by atoms with Crippen molar-refractivity contribution in [3.8, 4) is 0 Å². The van der Waals surface area contributed by atoms with Gasteiger partial charge in [0.05, 0.1) is 11.1 Å². The maximum Gasteiger partial charge on any atom is 0.236 e. The topological polar surface area (TPSA) is 98.0 Å². The van der Waals surface area contributed by atoms with Crippen LogP contribution in [0.4, 0.5) is 5.13 Å². The fourth-order valence-corrected chi connectivity index (χ4v) is 6.68. The number of anilines is 1. The van der Waals surface area contributed by atoms with E-state index in [9.17, 15) is 4.79 Å². The van der Waals surface area contributed by atoms with Crippen molar-refractivity contribution in [3.63, 3.8) is 0 Å². The minimum Gasteiger partial charge on any atom is -0.300 e. The van der Waals surface area contributed by atoms with Crippen molar-refractivity contribution in [2.24, 2.45) is 5.92 Å². The van der Waals surface area contributed by atoms with Gasteiger partial charge in [-0.15, -0.1) is 31.7 Å². The Morgan fingerprint density at radius 2 is 2.10 bits per heavy atom. The van der Waals surface area contributed by atoms with E-state index in [-0.39, 0.29) is 17.6 Å². The number of hydrogen-bond donors (Lipinski definition) is 1. The summed E-state index contributed by atoms with van der Waals surface area (Å²) in [5.74, 6) is 1.93. The van der Waals surface area contributed by atoms with Crippen molar-refractivity contribution in [3.05, 3.63) is 21.3 Å². The van der Waals surface area contributed by atoms with Crippen molar-refractivity contribution >= 4 is 61.3 Å². The SMILES string of the molecule is Cc1nnc(NC(=O)CSc2nnc3c4c5c(sc4nc(C(C)C)n23)C[C@H](C)CC5)s1. The molecule has 11 heteroatoms. The van der Waals surface area contributed by atoms with Gasteiger partial charge >= 0.3 is 0 Å². The second kappa shape index (κ2) is 8.10. The second-order valence-corrected chi connectivity index (χ2v) is 11.5. The molecule has 1 amide bonds. The van der Waals surface area contributed by atoms with Crippen molar-refractivity contribution in [1.82, 2.24) is 29.8 Å². The first-order chi connectivity index (χ1) is 14.9. The van der Waals surface area contributed by atoms with Crippen LogP contribution in [0, 0.1) is 12.8 Å². The standard InChI is InChI=1S/C20H23N7OS3/c1-9(2)16-22-18-15(12-6-5-10(3)7-13(12)31-18)17-24-26-20(27(16)17)29-8-14(28)21-19-25-23-11(4)30-19/h9-10H,5-8H2,1-4H3,(H,21,25,28)/t10-/m1/s1. The molecule has 5 rings (SSSR count). The van der Waals surface area contributed by atoms with E-state index in [0.29, 0.717) is 16.2 Å². The average molecular weight is 474 g/mol. The van der Waals surface area contributed by atoms with E-state index in [0.717, 1.165) is 39.5 Å². The summed E-state index contributed by atoms with van der Waals surface area (Å²) in [5.41, 5.74) is 2.25. The van der Waals surface area contributed by atoms with E-state index in [1.54, 1.807) is 11.3 Å². The molecule has 1 aliphatic rings. The molecule has 0 bridgehead atoms. The molecule has 1 atom stereocenters. The molecule has 4 aromatic rings. The largest absolute Gasteiger partial charge is 0.300 e. The molecule has 162 valence electrons. The summed E-state index contributed by atoms with van der Waals surface area (Å²) in [4.78, 5) is 19.9. The maximum absolute atomic E-state index is 12.4. The minimum absolute atomic E-state index is 0.139. The molecule has 0 unspecified atom stereocenters. The molecule has 4 aromatic heterocycles. The van der Waals surface area contributed by atoms with E-state index >= 15 is 0 Å². The Hall–Kier alpha value is -2.11. The molecular weight excluding hydrogens is 450 g/mol. The van der Waals surface area contributed by atoms with Crippen LogP contribution in [0.2, 0.25) is 0 Å². The highest BCUT2D eigenvalue weighted by atomic mass is 32.2.